The summed E-state index contributed by atoms with van der Waals surface area (Å²) in [5.41, 5.74) is 0. The number of rotatable bonds is 6. The third-order valence-electron chi connectivity index (χ3n) is 4.80. The smallest absolute Gasteiger partial charge is 0.227 e. The van der Waals surface area contributed by atoms with E-state index < -0.39 is 0 Å². The molecule has 20 heavy (non-hydrogen) atoms. The fraction of sp³-hybridized carbons (Fsp3) is 0.938. The second-order valence-corrected chi connectivity index (χ2v) is 6.57. The SMILES string of the molecule is CCCCN(C)CC1CCN(C(=O)C2CCNC2)CC1. The monoisotopic (exact) mass is 281 g/mol. The van der Waals surface area contributed by atoms with Gasteiger partial charge in [0.05, 0.1) is 5.92 Å². The molecule has 116 valence electrons. The first-order valence-electron chi connectivity index (χ1n) is 8.38. The molecule has 0 bridgehead atoms. The van der Waals surface area contributed by atoms with E-state index in [1.165, 1.54) is 38.8 Å². The molecular weight excluding hydrogens is 250 g/mol. The summed E-state index contributed by atoms with van der Waals surface area (Å²) in [5, 5.41) is 3.29. The Labute approximate surface area is 123 Å². The molecule has 1 atom stereocenters. The molecule has 4 heteroatoms. The average Bonchev–Trinajstić information content (AvgIpc) is 2.99. The van der Waals surface area contributed by atoms with Gasteiger partial charge in [-0.3, -0.25) is 4.79 Å². The van der Waals surface area contributed by atoms with Crippen molar-refractivity contribution in [3.63, 3.8) is 0 Å². The van der Waals surface area contributed by atoms with Gasteiger partial charge in [-0.05, 0) is 51.7 Å². The van der Waals surface area contributed by atoms with E-state index in [0.717, 1.165) is 38.5 Å². The fourth-order valence-electron chi connectivity index (χ4n) is 3.42. The molecule has 2 rings (SSSR count). The maximum atomic E-state index is 12.3. The van der Waals surface area contributed by atoms with Crippen molar-refractivity contribution in [2.24, 2.45) is 11.8 Å². The summed E-state index contributed by atoms with van der Waals surface area (Å²) >= 11 is 0. The van der Waals surface area contributed by atoms with Crippen LogP contribution in [0.4, 0.5) is 0 Å². The normalized spacial score (nSPS) is 24.6. The minimum absolute atomic E-state index is 0.249. The highest BCUT2D eigenvalue weighted by Gasteiger charge is 2.30. The maximum Gasteiger partial charge on any atom is 0.227 e. The number of likely N-dealkylation sites (tertiary alicyclic amines) is 1. The van der Waals surface area contributed by atoms with Gasteiger partial charge in [-0.15, -0.1) is 0 Å². The summed E-state index contributed by atoms with van der Waals surface area (Å²) in [5.74, 6) is 1.43. The van der Waals surface area contributed by atoms with Gasteiger partial charge in [0.15, 0.2) is 0 Å². The van der Waals surface area contributed by atoms with Crippen molar-refractivity contribution in [2.45, 2.75) is 39.0 Å². The van der Waals surface area contributed by atoms with Crippen LogP contribution in [0.2, 0.25) is 0 Å². The highest BCUT2D eigenvalue weighted by molar-refractivity contribution is 5.79. The van der Waals surface area contributed by atoms with E-state index >= 15 is 0 Å². The molecule has 1 N–H and O–H groups in total. The Hall–Kier alpha value is -0.610. The molecule has 0 saturated carbocycles. The van der Waals surface area contributed by atoms with E-state index in [2.05, 4.69) is 29.1 Å². The van der Waals surface area contributed by atoms with Crippen LogP contribution in [0.25, 0.3) is 0 Å². The molecule has 0 aromatic heterocycles. The molecule has 4 nitrogen and oxygen atoms in total. The minimum atomic E-state index is 0.249. The van der Waals surface area contributed by atoms with Crippen molar-refractivity contribution >= 4 is 5.91 Å². The molecule has 2 saturated heterocycles. The predicted molar refractivity (Wildman–Crippen MR) is 82.7 cm³/mol. The van der Waals surface area contributed by atoms with Crippen molar-refractivity contribution in [3.8, 4) is 0 Å². The van der Waals surface area contributed by atoms with Gasteiger partial charge in [0, 0.05) is 26.2 Å². The molecule has 2 heterocycles. The quantitative estimate of drug-likeness (QED) is 0.803. The van der Waals surface area contributed by atoms with Gasteiger partial charge >= 0.3 is 0 Å². The lowest BCUT2D eigenvalue weighted by molar-refractivity contribution is -0.136. The molecule has 0 aromatic rings. The fourth-order valence-corrected chi connectivity index (χ4v) is 3.42. The topological polar surface area (TPSA) is 35.6 Å². The lowest BCUT2D eigenvalue weighted by Crippen LogP contribution is -2.44. The van der Waals surface area contributed by atoms with Crippen LogP contribution in [0, 0.1) is 11.8 Å². The van der Waals surface area contributed by atoms with E-state index in [4.69, 9.17) is 0 Å². The lowest BCUT2D eigenvalue weighted by atomic mass is 9.95. The summed E-state index contributed by atoms with van der Waals surface area (Å²) in [4.78, 5) is 16.9. The van der Waals surface area contributed by atoms with Crippen LogP contribution in [0.1, 0.15) is 39.0 Å². The first kappa shape index (κ1) is 15.8. The Bertz CT molecular complexity index is 294. The predicted octanol–water partition coefficient (Wildman–Crippen LogP) is 1.57. The summed E-state index contributed by atoms with van der Waals surface area (Å²) in [6, 6.07) is 0. The second-order valence-electron chi connectivity index (χ2n) is 6.57. The first-order valence-corrected chi connectivity index (χ1v) is 8.38. The van der Waals surface area contributed by atoms with E-state index in [9.17, 15) is 4.79 Å². The molecule has 2 aliphatic heterocycles. The van der Waals surface area contributed by atoms with E-state index in [-0.39, 0.29) is 5.92 Å². The summed E-state index contributed by atoms with van der Waals surface area (Å²) in [6.45, 7) is 8.50. The molecule has 1 amide bonds. The van der Waals surface area contributed by atoms with Gasteiger partial charge in [0.2, 0.25) is 5.91 Å². The molecule has 2 fully saturated rings. The highest BCUT2D eigenvalue weighted by atomic mass is 16.2. The van der Waals surface area contributed by atoms with Gasteiger partial charge in [0.1, 0.15) is 0 Å². The zero-order valence-corrected chi connectivity index (χ0v) is 13.2. The van der Waals surface area contributed by atoms with Crippen LogP contribution in [0.5, 0.6) is 0 Å². The number of carbonyl (C=O) groups is 1. The summed E-state index contributed by atoms with van der Waals surface area (Å²) < 4.78 is 0. The largest absolute Gasteiger partial charge is 0.342 e. The van der Waals surface area contributed by atoms with Crippen LogP contribution in [-0.4, -0.2) is 62.0 Å². The van der Waals surface area contributed by atoms with Gasteiger partial charge in [0.25, 0.3) is 0 Å². The lowest BCUT2D eigenvalue weighted by Gasteiger charge is -2.35. The number of hydrogen-bond donors (Lipinski definition) is 1. The van der Waals surface area contributed by atoms with Crippen LogP contribution in [0.15, 0.2) is 0 Å². The molecule has 2 aliphatic rings. The number of amides is 1. The number of hydrogen-bond acceptors (Lipinski definition) is 3. The van der Waals surface area contributed by atoms with Crippen LogP contribution >= 0.6 is 0 Å². The standard InChI is InChI=1S/C16H31N3O/c1-3-4-9-18(2)13-14-6-10-19(11-7-14)16(20)15-5-8-17-12-15/h14-15,17H,3-13H2,1-2H3. The molecule has 1 unspecified atom stereocenters. The van der Waals surface area contributed by atoms with Crippen LogP contribution in [-0.2, 0) is 4.79 Å². The average molecular weight is 281 g/mol. The van der Waals surface area contributed by atoms with Crippen molar-refractivity contribution < 1.29 is 4.79 Å². The van der Waals surface area contributed by atoms with Crippen molar-refractivity contribution in [3.05, 3.63) is 0 Å². The van der Waals surface area contributed by atoms with Crippen molar-refractivity contribution in [1.82, 2.24) is 15.1 Å². The second kappa shape index (κ2) is 7.99. The van der Waals surface area contributed by atoms with E-state index in [1.807, 2.05) is 0 Å². The Kier molecular flexibility index (Phi) is 6.30. The van der Waals surface area contributed by atoms with Gasteiger partial charge < -0.3 is 15.1 Å². The Balaban J connectivity index is 1.68. The van der Waals surface area contributed by atoms with Crippen LogP contribution < -0.4 is 5.32 Å². The number of carbonyl (C=O) groups excluding carboxylic acids is 1. The molecule has 0 aromatic carbocycles. The highest BCUT2D eigenvalue weighted by Crippen LogP contribution is 2.21. The summed E-state index contributed by atoms with van der Waals surface area (Å²) in [6.07, 6.45) is 5.96. The first-order chi connectivity index (χ1) is 9.70. The summed E-state index contributed by atoms with van der Waals surface area (Å²) in [7, 11) is 2.23. The van der Waals surface area contributed by atoms with E-state index in [0.29, 0.717) is 5.91 Å². The van der Waals surface area contributed by atoms with Crippen molar-refractivity contribution in [2.75, 3.05) is 46.3 Å². The number of unbranched alkanes of at least 4 members (excludes halogenated alkanes) is 1. The number of nitrogens with one attached hydrogen (secondary N) is 1. The zero-order valence-electron chi connectivity index (χ0n) is 13.2. The van der Waals surface area contributed by atoms with Gasteiger partial charge in [-0.2, -0.15) is 0 Å². The number of piperidine rings is 1. The Morgan fingerprint density at radius 1 is 1.30 bits per heavy atom. The minimum Gasteiger partial charge on any atom is -0.342 e. The molecule has 0 spiro atoms. The van der Waals surface area contributed by atoms with E-state index in [1.54, 1.807) is 0 Å². The Morgan fingerprint density at radius 3 is 2.65 bits per heavy atom. The third-order valence-corrected chi connectivity index (χ3v) is 4.80. The molecule has 0 radical (unpaired) electrons. The Morgan fingerprint density at radius 2 is 2.05 bits per heavy atom. The molecule has 0 aliphatic carbocycles. The van der Waals surface area contributed by atoms with Crippen molar-refractivity contribution in [1.29, 1.82) is 0 Å². The third kappa shape index (κ3) is 4.45. The number of nitrogens with zero attached hydrogens (tertiary/aromatic N) is 2. The van der Waals surface area contributed by atoms with Gasteiger partial charge in [-0.25, -0.2) is 0 Å². The zero-order chi connectivity index (χ0) is 14.4. The van der Waals surface area contributed by atoms with Gasteiger partial charge in [-0.1, -0.05) is 13.3 Å². The van der Waals surface area contributed by atoms with Crippen LogP contribution in [0.3, 0.4) is 0 Å². The molecular formula is C16H31N3O. The maximum absolute atomic E-state index is 12.3.